The molecule has 2 rings (SSSR count). The lowest BCUT2D eigenvalue weighted by atomic mass is 10.0. The lowest BCUT2D eigenvalue weighted by Crippen LogP contribution is -2.50. The van der Waals surface area contributed by atoms with Gasteiger partial charge in [0.1, 0.15) is 0 Å². The smallest absolute Gasteiger partial charge is 0.191 e. The number of nitrogens with zero attached hydrogens (tertiary/aromatic N) is 1. The summed E-state index contributed by atoms with van der Waals surface area (Å²) in [5.41, 5.74) is 0.205. The minimum Gasteiger partial charge on any atom is -0.355 e. The third kappa shape index (κ3) is 1.53. The van der Waals surface area contributed by atoms with E-state index >= 15 is 0 Å². The van der Waals surface area contributed by atoms with E-state index in [9.17, 15) is 0 Å². The molecule has 0 radical (unpaired) electrons. The predicted molar refractivity (Wildman–Crippen MR) is 49.3 cm³/mol. The molecule has 0 aromatic heterocycles. The molecule has 1 saturated heterocycles. The zero-order valence-electron chi connectivity index (χ0n) is 7.48. The Morgan fingerprint density at radius 3 is 3.00 bits per heavy atom. The Kier molecular flexibility index (Phi) is 1.92. The number of hydrogen-bond acceptors (Lipinski definition) is 4. The third-order valence-electron chi connectivity index (χ3n) is 2.46. The largest absolute Gasteiger partial charge is 0.355 e. The van der Waals surface area contributed by atoms with Crippen LogP contribution < -0.4 is 16.0 Å². The maximum absolute atomic E-state index is 4.31. The summed E-state index contributed by atoms with van der Waals surface area (Å²) in [6.07, 6.45) is 1.17. The average molecular weight is 168 g/mol. The van der Waals surface area contributed by atoms with Crippen LogP contribution in [0.2, 0.25) is 0 Å². The van der Waals surface area contributed by atoms with Gasteiger partial charge in [-0.2, -0.15) is 0 Å². The Balaban J connectivity index is 1.92. The van der Waals surface area contributed by atoms with Gasteiger partial charge in [0, 0.05) is 13.1 Å². The zero-order chi connectivity index (χ0) is 8.44. The monoisotopic (exact) mass is 168 g/mol. The summed E-state index contributed by atoms with van der Waals surface area (Å²) in [6, 6.07) is 0. The first-order valence-electron chi connectivity index (χ1n) is 4.56. The fraction of sp³-hybridized carbons (Fsp3) is 0.875. The first kappa shape index (κ1) is 7.86. The fourth-order valence-electron chi connectivity index (χ4n) is 1.69. The molecule has 12 heavy (non-hydrogen) atoms. The second kappa shape index (κ2) is 2.94. The number of rotatable bonds is 1. The van der Waals surface area contributed by atoms with Crippen LogP contribution in [-0.2, 0) is 0 Å². The molecule has 1 unspecified atom stereocenters. The van der Waals surface area contributed by atoms with E-state index < -0.39 is 0 Å². The first-order chi connectivity index (χ1) is 5.79. The van der Waals surface area contributed by atoms with Crippen LogP contribution in [0.4, 0.5) is 0 Å². The lowest BCUT2D eigenvalue weighted by Gasteiger charge is -2.25. The second-order valence-electron chi connectivity index (χ2n) is 3.77. The van der Waals surface area contributed by atoms with E-state index in [-0.39, 0.29) is 5.54 Å². The molecular weight excluding hydrogens is 152 g/mol. The lowest BCUT2D eigenvalue weighted by molar-refractivity contribution is 0.455. The van der Waals surface area contributed by atoms with Crippen molar-refractivity contribution in [1.82, 2.24) is 16.0 Å². The Morgan fingerprint density at radius 1 is 1.50 bits per heavy atom. The summed E-state index contributed by atoms with van der Waals surface area (Å²) in [4.78, 5) is 4.31. The normalized spacial score (nSPS) is 34.6. The van der Waals surface area contributed by atoms with Gasteiger partial charge in [-0.05, 0) is 19.9 Å². The summed E-state index contributed by atoms with van der Waals surface area (Å²) < 4.78 is 0. The van der Waals surface area contributed by atoms with Crippen molar-refractivity contribution in [2.24, 2.45) is 4.99 Å². The highest BCUT2D eigenvalue weighted by Gasteiger charge is 2.29. The number of hydrogen-bond donors (Lipinski definition) is 3. The fourth-order valence-corrected chi connectivity index (χ4v) is 1.69. The topological polar surface area (TPSA) is 48.5 Å². The maximum Gasteiger partial charge on any atom is 0.191 e. The van der Waals surface area contributed by atoms with Gasteiger partial charge in [0.2, 0.25) is 0 Å². The minimum atomic E-state index is 0.205. The molecule has 4 heteroatoms. The molecule has 0 saturated carbocycles. The van der Waals surface area contributed by atoms with Gasteiger partial charge in [0.15, 0.2) is 5.96 Å². The number of nitrogens with one attached hydrogen (secondary N) is 3. The third-order valence-corrected chi connectivity index (χ3v) is 2.46. The number of guanidine groups is 1. The molecule has 0 aromatic rings. The van der Waals surface area contributed by atoms with E-state index in [1.807, 2.05) is 0 Å². The quantitative estimate of drug-likeness (QED) is 0.484. The van der Waals surface area contributed by atoms with Gasteiger partial charge >= 0.3 is 0 Å². The molecule has 2 aliphatic heterocycles. The maximum atomic E-state index is 4.31. The van der Waals surface area contributed by atoms with E-state index in [1.54, 1.807) is 0 Å². The highest BCUT2D eigenvalue weighted by molar-refractivity contribution is 5.82. The van der Waals surface area contributed by atoms with E-state index in [0.29, 0.717) is 0 Å². The van der Waals surface area contributed by atoms with Crippen molar-refractivity contribution in [2.45, 2.75) is 18.9 Å². The molecule has 1 atom stereocenters. The van der Waals surface area contributed by atoms with E-state index in [0.717, 1.165) is 32.1 Å². The van der Waals surface area contributed by atoms with Crippen molar-refractivity contribution >= 4 is 5.96 Å². The summed E-state index contributed by atoms with van der Waals surface area (Å²) in [5.74, 6) is 0.973. The van der Waals surface area contributed by atoms with Gasteiger partial charge in [-0.25, -0.2) is 0 Å². The molecule has 2 aliphatic rings. The van der Waals surface area contributed by atoms with Crippen LogP contribution in [-0.4, -0.2) is 37.7 Å². The summed E-state index contributed by atoms with van der Waals surface area (Å²) in [6.45, 7) is 6.26. The van der Waals surface area contributed by atoms with Crippen molar-refractivity contribution in [3.05, 3.63) is 0 Å². The average Bonchev–Trinajstić information content (AvgIpc) is 2.62. The van der Waals surface area contributed by atoms with Crippen LogP contribution in [0, 0.1) is 0 Å². The van der Waals surface area contributed by atoms with Crippen LogP contribution >= 0.6 is 0 Å². The van der Waals surface area contributed by atoms with E-state index in [2.05, 4.69) is 27.9 Å². The summed E-state index contributed by atoms with van der Waals surface area (Å²) in [7, 11) is 0. The zero-order valence-corrected chi connectivity index (χ0v) is 7.48. The molecule has 3 N–H and O–H groups in total. The summed E-state index contributed by atoms with van der Waals surface area (Å²) in [5, 5.41) is 9.99. The molecule has 2 heterocycles. The van der Waals surface area contributed by atoms with Crippen molar-refractivity contribution < 1.29 is 0 Å². The Labute approximate surface area is 72.8 Å². The van der Waals surface area contributed by atoms with Crippen LogP contribution in [0.25, 0.3) is 0 Å². The van der Waals surface area contributed by atoms with Gasteiger partial charge < -0.3 is 16.0 Å². The molecular formula is C8H16N4. The van der Waals surface area contributed by atoms with Crippen LogP contribution in [0.5, 0.6) is 0 Å². The van der Waals surface area contributed by atoms with Crippen molar-refractivity contribution in [3.8, 4) is 0 Å². The van der Waals surface area contributed by atoms with Crippen molar-refractivity contribution in [1.29, 1.82) is 0 Å². The minimum absolute atomic E-state index is 0.205. The summed E-state index contributed by atoms with van der Waals surface area (Å²) >= 11 is 0. The van der Waals surface area contributed by atoms with Crippen molar-refractivity contribution in [3.63, 3.8) is 0 Å². The van der Waals surface area contributed by atoms with Gasteiger partial charge in [-0.1, -0.05) is 0 Å². The first-order valence-corrected chi connectivity index (χ1v) is 4.56. The molecule has 0 aliphatic carbocycles. The van der Waals surface area contributed by atoms with Crippen LogP contribution in [0.1, 0.15) is 13.3 Å². The highest BCUT2D eigenvalue weighted by Crippen LogP contribution is 2.12. The molecule has 4 nitrogen and oxygen atoms in total. The highest BCUT2D eigenvalue weighted by atomic mass is 15.3. The Morgan fingerprint density at radius 2 is 2.42 bits per heavy atom. The molecule has 0 amide bonds. The standard InChI is InChI=1S/C8H16N4/c1-8(2-3-9-6-8)12-7-10-4-5-11-7/h9H,2-6H2,1H3,(H2,10,11,12). The SMILES string of the molecule is CC1(NC2=NCCN2)CCNC1. The van der Waals surface area contributed by atoms with Crippen molar-refractivity contribution in [2.75, 3.05) is 26.2 Å². The van der Waals surface area contributed by atoms with Crippen LogP contribution in [0.3, 0.4) is 0 Å². The van der Waals surface area contributed by atoms with Crippen LogP contribution in [0.15, 0.2) is 4.99 Å². The second-order valence-corrected chi connectivity index (χ2v) is 3.77. The Bertz CT molecular complexity index is 193. The van der Waals surface area contributed by atoms with E-state index in [1.165, 1.54) is 6.42 Å². The predicted octanol–water partition coefficient (Wildman–Crippen LogP) is -0.713. The number of aliphatic imine (C=N–C) groups is 1. The molecule has 0 aromatic carbocycles. The van der Waals surface area contributed by atoms with Gasteiger partial charge in [0.05, 0.1) is 12.1 Å². The molecule has 0 spiro atoms. The van der Waals surface area contributed by atoms with Gasteiger partial charge in [0.25, 0.3) is 0 Å². The molecule has 1 fully saturated rings. The van der Waals surface area contributed by atoms with E-state index in [4.69, 9.17) is 0 Å². The van der Waals surface area contributed by atoms with Gasteiger partial charge in [-0.3, -0.25) is 4.99 Å². The Hall–Kier alpha value is -0.770. The van der Waals surface area contributed by atoms with Gasteiger partial charge in [-0.15, -0.1) is 0 Å². The molecule has 68 valence electrons. The molecule has 0 bridgehead atoms.